The van der Waals surface area contributed by atoms with Crippen LogP contribution in [0.2, 0.25) is 0 Å². The van der Waals surface area contributed by atoms with Gasteiger partial charge in [-0.25, -0.2) is 9.98 Å². The highest BCUT2D eigenvalue weighted by Crippen LogP contribution is 2.44. The molecule has 0 saturated heterocycles. The van der Waals surface area contributed by atoms with Gasteiger partial charge in [-0.15, -0.1) is 0 Å². The summed E-state index contributed by atoms with van der Waals surface area (Å²) in [6.07, 6.45) is 4.56. The minimum atomic E-state index is -0.159. The molecule has 0 N–H and O–H groups in total. The molecule has 0 amide bonds. The van der Waals surface area contributed by atoms with Gasteiger partial charge in [0.1, 0.15) is 18.6 Å². The zero-order valence-electron chi connectivity index (χ0n) is 13.8. The first-order valence-corrected chi connectivity index (χ1v) is 8.45. The van der Waals surface area contributed by atoms with Crippen molar-refractivity contribution in [2.24, 2.45) is 27.2 Å². The molecule has 21 heavy (non-hydrogen) atoms. The lowest BCUT2D eigenvalue weighted by atomic mass is 9.85. The predicted octanol–water partition coefficient (Wildman–Crippen LogP) is 3.45. The number of rotatable bonds is 4. The lowest BCUT2D eigenvalue weighted by Gasteiger charge is -2.26. The normalized spacial score (nSPS) is 31.3. The maximum Gasteiger partial charge on any atom is 0.199 e. The highest BCUT2D eigenvalue weighted by molar-refractivity contribution is 6.06. The smallest absolute Gasteiger partial charge is 0.199 e. The zero-order valence-corrected chi connectivity index (χ0v) is 13.8. The molecule has 2 atom stereocenters. The highest BCUT2D eigenvalue weighted by Gasteiger charge is 2.50. The van der Waals surface area contributed by atoms with Gasteiger partial charge in [0, 0.05) is 0 Å². The van der Waals surface area contributed by atoms with Crippen molar-refractivity contribution >= 4 is 11.8 Å². The Bertz CT molecular complexity index is 412. The standard InChI is InChI=1S/C17H28N2O2/c1-11(2)13-9-20-15(18-13)17(7-5-6-8-17)16-19-14(10-21-16)12(3)4/h11-14H,5-10H2,1-4H3/t13-,14-/m1/s1. The minimum Gasteiger partial charge on any atom is -0.478 e. The van der Waals surface area contributed by atoms with E-state index in [1.165, 1.54) is 12.8 Å². The van der Waals surface area contributed by atoms with Crippen LogP contribution in [-0.4, -0.2) is 37.1 Å². The first-order valence-electron chi connectivity index (χ1n) is 8.45. The van der Waals surface area contributed by atoms with E-state index in [9.17, 15) is 0 Å². The van der Waals surface area contributed by atoms with E-state index in [1.54, 1.807) is 0 Å². The molecule has 1 saturated carbocycles. The van der Waals surface area contributed by atoms with E-state index in [4.69, 9.17) is 19.5 Å². The first-order chi connectivity index (χ1) is 10.0. The Labute approximate surface area is 128 Å². The van der Waals surface area contributed by atoms with Crippen LogP contribution in [0.25, 0.3) is 0 Å². The second kappa shape index (κ2) is 5.62. The fraction of sp³-hybridized carbons (Fsp3) is 0.882. The topological polar surface area (TPSA) is 43.2 Å². The molecule has 3 aliphatic rings. The summed E-state index contributed by atoms with van der Waals surface area (Å²) in [7, 11) is 0. The summed E-state index contributed by atoms with van der Waals surface area (Å²) in [4.78, 5) is 9.78. The highest BCUT2D eigenvalue weighted by atomic mass is 16.5. The average molecular weight is 292 g/mol. The third-order valence-electron chi connectivity index (χ3n) is 5.16. The number of nitrogens with zero attached hydrogens (tertiary/aromatic N) is 2. The Kier molecular flexibility index (Phi) is 3.98. The Hall–Kier alpha value is -1.06. The van der Waals surface area contributed by atoms with Crippen molar-refractivity contribution in [2.45, 2.75) is 65.5 Å². The number of hydrogen-bond donors (Lipinski definition) is 0. The molecule has 0 aromatic heterocycles. The third-order valence-corrected chi connectivity index (χ3v) is 5.16. The van der Waals surface area contributed by atoms with Gasteiger partial charge in [0.05, 0.1) is 12.1 Å². The molecule has 3 rings (SSSR count). The quantitative estimate of drug-likeness (QED) is 0.796. The van der Waals surface area contributed by atoms with Crippen LogP contribution in [0, 0.1) is 17.3 Å². The van der Waals surface area contributed by atoms with Gasteiger partial charge in [0.25, 0.3) is 0 Å². The number of ether oxygens (including phenoxy) is 2. The summed E-state index contributed by atoms with van der Waals surface area (Å²) < 4.78 is 12.0. The molecular formula is C17H28N2O2. The Morgan fingerprint density at radius 3 is 1.62 bits per heavy atom. The fourth-order valence-electron chi connectivity index (χ4n) is 3.48. The van der Waals surface area contributed by atoms with E-state index >= 15 is 0 Å². The summed E-state index contributed by atoms with van der Waals surface area (Å²) in [5.74, 6) is 2.86. The van der Waals surface area contributed by atoms with Crippen molar-refractivity contribution in [2.75, 3.05) is 13.2 Å². The molecule has 0 unspecified atom stereocenters. The molecule has 0 aromatic rings. The van der Waals surface area contributed by atoms with Crippen molar-refractivity contribution in [3.8, 4) is 0 Å². The predicted molar refractivity (Wildman–Crippen MR) is 84.9 cm³/mol. The minimum absolute atomic E-state index is 0.159. The van der Waals surface area contributed by atoms with Crippen molar-refractivity contribution in [3.05, 3.63) is 0 Å². The lowest BCUT2D eigenvalue weighted by molar-refractivity contribution is 0.239. The van der Waals surface area contributed by atoms with Crippen molar-refractivity contribution in [1.82, 2.24) is 0 Å². The largest absolute Gasteiger partial charge is 0.478 e. The van der Waals surface area contributed by atoms with Crippen LogP contribution in [-0.2, 0) is 9.47 Å². The monoisotopic (exact) mass is 292 g/mol. The molecule has 1 aliphatic carbocycles. The van der Waals surface area contributed by atoms with Crippen LogP contribution in [0.15, 0.2) is 9.98 Å². The zero-order chi connectivity index (χ0) is 15.0. The van der Waals surface area contributed by atoms with Gasteiger partial charge in [-0.1, -0.05) is 40.5 Å². The molecule has 2 heterocycles. The van der Waals surface area contributed by atoms with Crippen LogP contribution in [0.3, 0.4) is 0 Å². The number of aliphatic imine (C=N–C) groups is 2. The second-order valence-corrected chi connectivity index (χ2v) is 7.40. The summed E-state index contributed by atoms with van der Waals surface area (Å²) in [5.41, 5.74) is -0.159. The fourth-order valence-corrected chi connectivity index (χ4v) is 3.48. The Balaban J connectivity index is 1.88. The molecule has 0 bridgehead atoms. The Morgan fingerprint density at radius 2 is 1.29 bits per heavy atom. The van der Waals surface area contributed by atoms with Crippen LogP contribution in [0.4, 0.5) is 0 Å². The summed E-state index contributed by atoms with van der Waals surface area (Å²) in [6, 6.07) is 0.584. The Morgan fingerprint density at radius 1 is 0.857 bits per heavy atom. The SMILES string of the molecule is CC(C)[C@H]1COC(C2(C3=N[C@@H](C(C)C)CO3)CCCC2)=N1. The van der Waals surface area contributed by atoms with Crippen molar-refractivity contribution in [3.63, 3.8) is 0 Å². The molecule has 0 aromatic carbocycles. The van der Waals surface area contributed by atoms with E-state index < -0.39 is 0 Å². The van der Waals surface area contributed by atoms with E-state index in [1.807, 2.05) is 0 Å². The molecule has 2 aliphatic heterocycles. The molecular weight excluding hydrogens is 264 g/mol. The van der Waals surface area contributed by atoms with Gasteiger partial charge >= 0.3 is 0 Å². The van der Waals surface area contributed by atoms with Gasteiger partial charge in [-0.05, 0) is 24.7 Å². The van der Waals surface area contributed by atoms with Crippen LogP contribution < -0.4 is 0 Å². The van der Waals surface area contributed by atoms with Crippen molar-refractivity contribution in [1.29, 1.82) is 0 Å². The van der Waals surface area contributed by atoms with Crippen LogP contribution in [0.5, 0.6) is 0 Å². The van der Waals surface area contributed by atoms with Crippen LogP contribution in [0.1, 0.15) is 53.4 Å². The van der Waals surface area contributed by atoms with E-state index in [-0.39, 0.29) is 5.41 Å². The average Bonchev–Trinajstić information content (AvgIpc) is 3.18. The molecule has 118 valence electrons. The van der Waals surface area contributed by atoms with E-state index in [0.717, 1.165) is 37.9 Å². The first kappa shape index (κ1) is 14.9. The summed E-state index contributed by atoms with van der Waals surface area (Å²) in [5, 5.41) is 0. The van der Waals surface area contributed by atoms with Gasteiger partial charge in [-0.3, -0.25) is 0 Å². The number of hydrogen-bond acceptors (Lipinski definition) is 4. The van der Waals surface area contributed by atoms with Gasteiger partial charge < -0.3 is 9.47 Å². The second-order valence-electron chi connectivity index (χ2n) is 7.40. The molecule has 0 radical (unpaired) electrons. The van der Waals surface area contributed by atoms with Crippen molar-refractivity contribution < 1.29 is 9.47 Å². The van der Waals surface area contributed by atoms with E-state index in [2.05, 4.69) is 27.7 Å². The molecule has 4 heteroatoms. The molecule has 0 spiro atoms. The van der Waals surface area contributed by atoms with Gasteiger partial charge in [0.2, 0.25) is 0 Å². The maximum absolute atomic E-state index is 6.01. The third kappa shape index (κ3) is 2.58. The lowest BCUT2D eigenvalue weighted by Crippen LogP contribution is -2.37. The summed E-state index contributed by atoms with van der Waals surface area (Å²) >= 11 is 0. The van der Waals surface area contributed by atoms with E-state index in [0.29, 0.717) is 23.9 Å². The van der Waals surface area contributed by atoms with Gasteiger partial charge in [0.15, 0.2) is 11.8 Å². The summed E-state index contributed by atoms with van der Waals surface area (Å²) in [6.45, 7) is 10.3. The van der Waals surface area contributed by atoms with Gasteiger partial charge in [-0.2, -0.15) is 0 Å². The van der Waals surface area contributed by atoms with Crippen LogP contribution >= 0.6 is 0 Å². The molecule has 4 nitrogen and oxygen atoms in total. The maximum atomic E-state index is 6.01. The molecule has 1 fully saturated rings.